The average molecular weight is 333 g/mol. The van der Waals surface area contributed by atoms with Gasteiger partial charge in [0.2, 0.25) is 0 Å². The molecular formula is C12H7ClF2N2O5. The van der Waals surface area contributed by atoms with Crippen LogP contribution in [-0.4, -0.2) is 17.4 Å². The summed E-state index contributed by atoms with van der Waals surface area (Å²) in [6.45, 7) is -3.03. The number of furan rings is 1. The fraction of sp³-hybridized carbons (Fsp3) is 0.0833. The Morgan fingerprint density at radius 1 is 1.36 bits per heavy atom. The van der Waals surface area contributed by atoms with Gasteiger partial charge < -0.3 is 14.5 Å². The number of carbonyl (C=O) groups excluding carboxylic acids is 1. The summed E-state index contributed by atoms with van der Waals surface area (Å²) in [5.74, 6) is -1.87. The predicted molar refractivity (Wildman–Crippen MR) is 71.4 cm³/mol. The van der Waals surface area contributed by atoms with Crippen LogP contribution in [0, 0.1) is 10.1 Å². The van der Waals surface area contributed by atoms with E-state index in [2.05, 4.69) is 10.1 Å². The highest BCUT2D eigenvalue weighted by Gasteiger charge is 2.18. The maximum Gasteiger partial charge on any atom is 0.433 e. The van der Waals surface area contributed by atoms with Crippen molar-refractivity contribution < 1.29 is 27.7 Å². The molecule has 0 atom stereocenters. The minimum Gasteiger partial charge on any atom is -0.433 e. The Balaban J connectivity index is 2.11. The van der Waals surface area contributed by atoms with Gasteiger partial charge >= 0.3 is 12.5 Å². The first-order valence-electron chi connectivity index (χ1n) is 5.67. The Labute approximate surface area is 126 Å². The van der Waals surface area contributed by atoms with E-state index in [-0.39, 0.29) is 22.2 Å². The van der Waals surface area contributed by atoms with Gasteiger partial charge in [-0.2, -0.15) is 8.78 Å². The molecule has 1 amide bonds. The molecule has 0 aliphatic heterocycles. The zero-order valence-corrected chi connectivity index (χ0v) is 11.3. The SMILES string of the molecule is O=C(Nc1ccc(OC(F)F)c(Cl)c1)c1ccc([N+](=O)[O-])o1. The van der Waals surface area contributed by atoms with Crippen LogP contribution in [0.4, 0.5) is 20.4 Å². The largest absolute Gasteiger partial charge is 0.433 e. The lowest BCUT2D eigenvalue weighted by Crippen LogP contribution is -2.11. The highest BCUT2D eigenvalue weighted by molar-refractivity contribution is 6.32. The van der Waals surface area contributed by atoms with Crippen LogP contribution in [0.5, 0.6) is 5.75 Å². The molecular weight excluding hydrogens is 326 g/mol. The molecule has 0 aliphatic rings. The summed E-state index contributed by atoms with van der Waals surface area (Å²) in [6, 6.07) is 5.77. The van der Waals surface area contributed by atoms with Crippen LogP contribution in [0.25, 0.3) is 0 Å². The van der Waals surface area contributed by atoms with E-state index in [1.54, 1.807) is 0 Å². The third-order valence-electron chi connectivity index (χ3n) is 2.40. The van der Waals surface area contributed by atoms with E-state index >= 15 is 0 Å². The third-order valence-corrected chi connectivity index (χ3v) is 2.70. The summed E-state index contributed by atoms with van der Waals surface area (Å²) in [4.78, 5) is 21.5. The van der Waals surface area contributed by atoms with E-state index in [0.717, 1.165) is 18.2 Å². The number of hydrogen-bond acceptors (Lipinski definition) is 5. The van der Waals surface area contributed by atoms with Crippen molar-refractivity contribution in [1.29, 1.82) is 0 Å². The van der Waals surface area contributed by atoms with Crippen molar-refractivity contribution in [1.82, 2.24) is 0 Å². The number of nitro groups is 1. The lowest BCUT2D eigenvalue weighted by Gasteiger charge is -2.08. The van der Waals surface area contributed by atoms with E-state index in [4.69, 9.17) is 16.0 Å². The van der Waals surface area contributed by atoms with Crippen LogP contribution < -0.4 is 10.1 Å². The molecule has 0 bridgehead atoms. The molecule has 0 unspecified atom stereocenters. The minimum atomic E-state index is -3.03. The number of alkyl halides is 2. The molecule has 1 N–H and O–H groups in total. The Kier molecular flexibility index (Phi) is 4.56. The first-order chi connectivity index (χ1) is 10.4. The third kappa shape index (κ3) is 3.70. The lowest BCUT2D eigenvalue weighted by atomic mass is 10.3. The van der Waals surface area contributed by atoms with Crippen LogP contribution >= 0.6 is 11.6 Å². The van der Waals surface area contributed by atoms with Crippen LogP contribution in [0.3, 0.4) is 0 Å². The normalized spacial score (nSPS) is 10.5. The molecule has 0 aliphatic carbocycles. The first-order valence-corrected chi connectivity index (χ1v) is 6.04. The molecule has 1 aromatic heterocycles. The summed E-state index contributed by atoms with van der Waals surface area (Å²) >= 11 is 5.73. The number of anilines is 1. The summed E-state index contributed by atoms with van der Waals surface area (Å²) < 4.78 is 33.0. The quantitative estimate of drug-likeness (QED) is 0.665. The molecule has 1 aromatic carbocycles. The van der Waals surface area contributed by atoms with Gasteiger partial charge in [0.05, 0.1) is 11.1 Å². The van der Waals surface area contributed by atoms with Crippen molar-refractivity contribution in [2.75, 3.05) is 5.32 Å². The highest BCUT2D eigenvalue weighted by Crippen LogP contribution is 2.29. The number of halogens is 3. The average Bonchev–Trinajstić information content (AvgIpc) is 2.91. The second-order valence-electron chi connectivity index (χ2n) is 3.87. The van der Waals surface area contributed by atoms with Crippen molar-refractivity contribution in [2.45, 2.75) is 6.61 Å². The van der Waals surface area contributed by atoms with Crippen LogP contribution in [0.15, 0.2) is 34.7 Å². The molecule has 0 saturated heterocycles. The smallest absolute Gasteiger partial charge is 0.433 e. The molecule has 0 saturated carbocycles. The Morgan fingerprint density at radius 3 is 2.64 bits per heavy atom. The Bertz CT molecular complexity index is 719. The van der Waals surface area contributed by atoms with Gasteiger partial charge in [-0.15, -0.1) is 0 Å². The number of benzene rings is 1. The van der Waals surface area contributed by atoms with Crippen molar-refractivity contribution in [3.05, 3.63) is 51.2 Å². The maximum absolute atomic E-state index is 12.1. The number of rotatable bonds is 5. The van der Waals surface area contributed by atoms with Gasteiger partial charge in [-0.1, -0.05) is 11.6 Å². The summed E-state index contributed by atoms with van der Waals surface area (Å²) in [6.07, 6.45) is 0. The molecule has 0 spiro atoms. The molecule has 1 heterocycles. The molecule has 116 valence electrons. The van der Waals surface area contributed by atoms with Crippen LogP contribution in [0.1, 0.15) is 10.6 Å². The number of carbonyl (C=O) groups is 1. The summed E-state index contributed by atoms with van der Waals surface area (Å²) in [5.41, 5.74) is 0.177. The molecule has 0 fully saturated rings. The number of nitrogens with zero attached hydrogens (tertiary/aromatic N) is 1. The number of ether oxygens (including phenoxy) is 1. The predicted octanol–water partition coefficient (Wildman–Crippen LogP) is 3.69. The highest BCUT2D eigenvalue weighted by atomic mass is 35.5. The van der Waals surface area contributed by atoms with Crippen LogP contribution in [-0.2, 0) is 0 Å². The van der Waals surface area contributed by atoms with Crippen molar-refractivity contribution >= 4 is 29.1 Å². The van der Waals surface area contributed by atoms with E-state index in [9.17, 15) is 23.7 Å². The Morgan fingerprint density at radius 2 is 2.09 bits per heavy atom. The lowest BCUT2D eigenvalue weighted by molar-refractivity contribution is -0.402. The second-order valence-corrected chi connectivity index (χ2v) is 4.28. The van der Waals surface area contributed by atoms with Crippen molar-refractivity contribution in [3.8, 4) is 5.75 Å². The van der Waals surface area contributed by atoms with Crippen molar-refractivity contribution in [2.24, 2.45) is 0 Å². The molecule has 22 heavy (non-hydrogen) atoms. The second kappa shape index (κ2) is 6.39. The monoisotopic (exact) mass is 332 g/mol. The van der Waals surface area contributed by atoms with E-state index < -0.39 is 23.3 Å². The zero-order valence-electron chi connectivity index (χ0n) is 10.6. The topological polar surface area (TPSA) is 94.6 Å². The van der Waals surface area contributed by atoms with E-state index in [1.807, 2.05) is 0 Å². The molecule has 0 radical (unpaired) electrons. The fourth-order valence-corrected chi connectivity index (χ4v) is 1.74. The van der Waals surface area contributed by atoms with Gasteiger partial charge in [0.1, 0.15) is 10.7 Å². The van der Waals surface area contributed by atoms with Gasteiger partial charge in [0.15, 0.2) is 5.76 Å². The van der Waals surface area contributed by atoms with Gasteiger partial charge in [0, 0.05) is 5.69 Å². The van der Waals surface area contributed by atoms with Gasteiger partial charge in [0.25, 0.3) is 5.91 Å². The van der Waals surface area contributed by atoms with Gasteiger partial charge in [-0.3, -0.25) is 14.9 Å². The van der Waals surface area contributed by atoms with E-state index in [0.29, 0.717) is 0 Å². The number of hydrogen-bond donors (Lipinski definition) is 1. The molecule has 2 aromatic rings. The fourth-order valence-electron chi connectivity index (χ4n) is 1.51. The standard InChI is InChI=1S/C12H7ClF2N2O5/c13-7-5-6(1-2-8(7)22-12(14)15)16-11(18)9-3-4-10(21-9)17(19)20/h1-5,12H,(H,16,18). The summed E-state index contributed by atoms with van der Waals surface area (Å²) in [7, 11) is 0. The summed E-state index contributed by atoms with van der Waals surface area (Å²) in [5, 5.41) is 12.7. The van der Waals surface area contributed by atoms with E-state index in [1.165, 1.54) is 12.1 Å². The zero-order chi connectivity index (χ0) is 16.3. The first kappa shape index (κ1) is 15.7. The number of nitrogens with one attached hydrogen (secondary N) is 1. The maximum atomic E-state index is 12.1. The Hall–Kier alpha value is -2.68. The van der Waals surface area contributed by atoms with Gasteiger partial charge in [-0.05, 0) is 24.3 Å². The number of amides is 1. The minimum absolute atomic E-state index is 0.136. The van der Waals surface area contributed by atoms with Gasteiger partial charge in [-0.25, -0.2) is 0 Å². The molecule has 7 nitrogen and oxygen atoms in total. The molecule has 10 heteroatoms. The molecule has 2 rings (SSSR count). The van der Waals surface area contributed by atoms with Crippen LogP contribution in [0.2, 0.25) is 5.02 Å². The van der Waals surface area contributed by atoms with Crippen molar-refractivity contribution in [3.63, 3.8) is 0 Å².